The van der Waals surface area contributed by atoms with E-state index >= 15 is 0 Å². The van der Waals surface area contributed by atoms with Crippen molar-refractivity contribution in [3.8, 4) is 0 Å². The Balaban J connectivity index is 1.38. The van der Waals surface area contributed by atoms with E-state index in [-0.39, 0.29) is 0 Å². The van der Waals surface area contributed by atoms with E-state index in [1.807, 2.05) is 0 Å². The molecule has 3 rings (SSSR count). The van der Waals surface area contributed by atoms with Crippen molar-refractivity contribution in [3.63, 3.8) is 0 Å². The minimum Gasteiger partial charge on any atom is -0.381 e. The average molecular weight is 302 g/mol. The number of rotatable bonds is 5. The van der Waals surface area contributed by atoms with Crippen molar-refractivity contribution in [2.75, 3.05) is 45.9 Å². The maximum Gasteiger partial charge on any atom is 0.0480 e. The Bertz CT molecular complexity index is 422. The van der Waals surface area contributed by atoms with Crippen LogP contribution in [0, 0.1) is 0 Å². The van der Waals surface area contributed by atoms with Gasteiger partial charge in [0.25, 0.3) is 0 Å². The molecule has 0 saturated carbocycles. The van der Waals surface area contributed by atoms with Gasteiger partial charge in [0, 0.05) is 45.4 Å². The second kappa shape index (κ2) is 8.09. The van der Waals surface area contributed by atoms with Gasteiger partial charge in [-0.2, -0.15) is 0 Å². The van der Waals surface area contributed by atoms with E-state index in [2.05, 4.69) is 47.1 Å². The number of hydrogen-bond acceptors (Lipinski definition) is 3. The predicted molar refractivity (Wildman–Crippen MR) is 91.3 cm³/mol. The smallest absolute Gasteiger partial charge is 0.0480 e. The molecule has 0 N–H and O–H groups in total. The number of ether oxygens (including phenoxy) is 1. The summed E-state index contributed by atoms with van der Waals surface area (Å²) in [7, 11) is 0. The lowest BCUT2D eigenvalue weighted by Gasteiger charge is -2.40. The molecular formula is C19H30N2O. The first-order valence-corrected chi connectivity index (χ1v) is 8.92. The molecule has 1 unspecified atom stereocenters. The molecule has 1 aromatic carbocycles. The van der Waals surface area contributed by atoms with Gasteiger partial charge in [-0.3, -0.25) is 4.90 Å². The molecule has 2 heterocycles. The molecule has 2 aliphatic rings. The third-order valence-electron chi connectivity index (χ3n) is 5.36. The van der Waals surface area contributed by atoms with Crippen molar-refractivity contribution < 1.29 is 4.74 Å². The van der Waals surface area contributed by atoms with Crippen LogP contribution in [0.3, 0.4) is 0 Å². The zero-order valence-electron chi connectivity index (χ0n) is 13.9. The van der Waals surface area contributed by atoms with E-state index in [0.717, 1.165) is 19.3 Å². The summed E-state index contributed by atoms with van der Waals surface area (Å²) in [6, 6.07) is 11.7. The lowest BCUT2D eigenvalue weighted by Crippen LogP contribution is -2.51. The van der Waals surface area contributed by atoms with E-state index < -0.39 is 0 Å². The number of piperazine rings is 1. The fraction of sp³-hybridized carbons (Fsp3) is 0.684. The Morgan fingerprint density at radius 2 is 1.73 bits per heavy atom. The van der Waals surface area contributed by atoms with Crippen LogP contribution in [-0.4, -0.2) is 61.8 Å². The lowest BCUT2D eigenvalue weighted by molar-refractivity contribution is 0.0135. The summed E-state index contributed by atoms with van der Waals surface area (Å²) in [5.74, 6) is 0.662. The highest BCUT2D eigenvalue weighted by molar-refractivity contribution is 5.18. The highest BCUT2D eigenvalue weighted by Crippen LogP contribution is 2.20. The molecule has 0 radical (unpaired) electrons. The largest absolute Gasteiger partial charge is 0.381 e. The van der Waals surface area contributed by atoms with Crippen molar-refractivity contribution in [1.29, 1.82) is 0 Å². The van der Waals surface area contributed by atoms with Crippen LogP contribution in [0.15, 0.2) is 30.3 Å². The van der Waals surface area contributed by atoms with Gasteiger partial charge < -0.3 is 9.64 Å². The van der Waals surface area contributed by atoms with Crippen LogP contribution in [-0.2, 0) is 4.74 Å². The van der Waals surface area contributed by atoms with Crippen LogP contribution in [0.4, 0.5) is 0 Å². The zero-order chi connectivity index (χ0) is 15.2. The summed E-state index contributed by atoms with van der Waals surface area (Å²) >= 11 is 0. The molecule has 2 fully saturated rings. The van der Waals surface area contributed by atoms with Gasteiger partial charge in [0.2, 0.25) is 0 Å². The summed E-state index contributed by atoms with van der Waals surface area (Å²) in [5.41, 5.74) is 1.48. The topological polar surface area (TPSA) is 15.7 Å². The third-order valence-corrected chi connectivity index (χ3v) is 5.36. The summed E-state index contributed by atoms with van der Waals surface area (Å²) in [4.78, 5) is 5.34. The van der Waals surface area contributed by atoms with Gasteiger partial charge in [-0.15, -0.1) is 0 Å². The van der Waals surface area contributed by atoms with Gasteiger partial charge >= 0.3 is 0 Å². The van der Waals surface area contributed by atoms with Crippen LogP contribution < -0.4 is 0 Å². The van der Waals surface area contributed by atoms with Crippen LogP contribution in [0.2, 0.25) is 0 Å². The number of nitrogens with zero attached hydrogens (tertiary/aromatic N) is 2. The second-order valence-electron chi connectivity index (χ2n) is 6.82. The van der Waals surface area contributed by atoms with Crippen LogP contribution in [0.25, 0.3) is 0 Å². The van der Waals surface area contributed by atoms with E-state index in [1.54, 1.807) is 0 Å². The first-order valence-electron chi connectivity index (χ1n) is 8.92. The molecular weight excluding hydrogens is 272 g/mol. The monoisotopic (exact) mass is 302 g/mol. The molecule has 2 aliphatic heterocycles. The normalized spacial score (nSPS) is 23.5. The highest BCUT2D eigenvalue weighted by atomic mass is 16.5. The molecule has 0 spiro atoms. The molecule has 3 nitrogen and oxygen atoms in total. The van der Waals surface area contributed by atoms with Crippen molar-refractivity contribution in [2.45, 2.75) is 38.1 Å². The Hall–Kier alpha value is -0.900. The molecule has 122 valence electrons. The van der Waals surface area contributed by atoms with Crippen molar-refractivity contribution in [1.82, 2.24) is 9.80 Å². The second-order valence-corrected chi connectivity index (χ2v) is 6.82. The maximum atomic E-state index is 5.48. The molecule has 0 amide bonds. The first-order chi connectivity index (χ1) is 10.8. The molecule has 22 heavy (non-hydrogen) atoms. The first kappa shape index (κ1) is 16.0. The van der Waals surface area contributed by atoms with E-state index in [1.165, 1.54) is 57.5 Å². The quantitative estimate of drug-likeness (QED) is 0.831. The van der Waals surface area contributed by atoms with E-state index in [0.29, 0.717) is 5.92 Å². The van der Waals surface area contributed by atoms with Crippen LogP contribution in [0.1, 0.15) is 37.7 Å². The summed E-state index contributed by atoms with van der Waals surface area (Å²) in [6.07, 6.45) is 3.72. The van der Waals surface area contributed by atoms with Gasteiger partial charge in [-0.25, -0.2) is 0 Å². The fourth-order valence-electron chi connectivity index (χ4n) is 3.73. The number of benzene rings is 1. The summed E-state index contributed by atoms with van der Waals surface area (Å²) in [5, 5.41) is 0. The minimum absolute atomic E-state index is 0.662. The lowest BCUT2D eigenvalue weighted by atomic mass is 9.97. The van der Waals surface area contributed by atoms with Crippen molar-refractivity contribution in [2.24, 2.45) is 0 Å². The van der Waals surface area contributed by atoms with Crippen molar-refractivity contribution >= 4 is 0 Å². The standard InChI is InChI=1S/C19H30N2O/c1-17(18-5-3-2-4-6-18)7-10-20-11-13-21(14-12-20)19-8-15-22-16-9-19/h2-6,17,19H,7-16H2,1H3. The summed E-state index contributed by atoms with van der Waals surface area (Å²) in [6.45, 7) is 10.5. The van der Waals surface area contributed by atoms with Crippen LogP contribution in [0.5, 0.6) is 0 Å². The third kappa shape index (κ3) is 4.31. The van der Waals surface area contributed by atoms with Gasteiger partial charge in [0.05, 0.1) is 0 Å². The molecule has 1 aromatic rings. The van der Waals surface area contributed by atoms with Gasteiger partial charge in [0.1, 0.15) is 0 Å². The molecule has 0 bridgehead atoms. The Labute approximate surface area is 135 Å². The van der Waals surface area contributed by atoms with Crippen molar-refractivity contribution in [3.05, 3.63) is 35.9 Å². The molecule has 2 saturated heterocycles. The predicted octanol–water partition coefficient (Wildman–Crippen LogP) is 2.98. The Morgan fingerprint density at radius 1 is 1.05 bits per heavy atom. The summed E-state index contributed by atoms with van der Waals surface area (Å²) < 4.78 is 5.48. The Morgan fingerprint density at radius 3 is 2.41 bits per heavy atom. The molecule has 0 aromatic heterocycles. The molecule has 1 atom stereocenters. The fourth-order valence-corrected chi connectivity index (χ4v) is 3.73. The van der Waals surface area contributed by atoms with E-state index in [9.17, 15) is 0 Å². The number of hydrogen-bond donors (Lipinski definition) is 0. The van der Waals surface area contributed by atoms with Gasteiger partial charge in [-0.1, -0.05) is 37.3 Å². The van der Waals surface area contributed by atoms with Gasteiger partial charge in [-0.05, 0) is 37.3 Å². The Kier molecular flexibility index (Phi) is 5.88. The average Bonchev–Trinajstić information content (AvgIpc) is 2.61. The molecule has 0 aliphatic carbocycles. The van der Waals surface area contributed by atoms with Crippen LogP contribution >= 0.6 is 0 Å². The highest BCUT2D eigenvalue weighted by Gasteiger charge is 2.25. The maximum absolute atomic E-state index is 5.48. The molecule has 3 heteroatoms. The zero-order valence-corrected chi connectivity index (χ0v) is 13.9. The minimum atomic E-state index is 0.662. The van der Waals surface area contributed by atoms with Gasteiger partial charge in [0.15, 0.2) is 0 Å². The van der Waals surface area contributed by atoms with E-state index in [4.69, 9.17) is 4.74 Å². The SMILES string of the molecule is CC(CCN1CCN(C2CCOCC2)CC1)c1ccccc1.